The molecule has 1 aliphatic carbocycles. The SMILES string of the molecule is CC(=O)c1ccc(N2CC[NH+](Cn3c(C)c(C)n(C4CCCC4)c3=S)CC2)cc1. The number of ketones is 1. The Balaban J connectivity index is 1.42. The molecule has 29 heavy (non-hydrogen) atoms. The summed E-state index contributed by atoms with van der Waals surface area (Å²) < 4.78 is 5.82. The van der Waals surface area contributed by atoms with Gasteiger partial charge in [0, 0.05) is 28.7 Å². The molecule has 1 saturated carbocycles. The minimum atomic E-state index is 0.123. The number of rotatable bonds is 5. The second kappa shape index (κ2) is 8.44. The summed E-state index contributed by atoms with van der Waals surface area (Å²) in [5.74, 6) is 0.123. The number of quaternary nitrogens is 1. The minimum absolute atomic E-state index is 0.123. The molecule has 1 saturated heterocycles. The lowest BCUT2D eigenvalue weighted by atomic mass is 10.1. The number of carbonyl (C=O) groups is 1. The molecule has 6 heteroatoms. The summed E-state index contributed by atoms with van der Waals surface area (Å²) in [6.45, 7) is 11.3. The Kier molecular flexibility index (Phi) is 5.93. The van der Waals surface area contributed by atoms with E-state index >= 15 is 0 Å². The molecule has 0 radical (unpaired) electrons. The van der Waals surface area contributed by atoms with Gasteiger partial charge in [0.1, 0.15) is 0 Å². The Labute approximate surface area is 178 Å². The molecule has 2 heterocycles. The van der Waals surface area contributed by atoms with Gasteiger partial charge >= 0.3 is 0 Å². The smallest absolute Gasteiger partial charge is 0.184 e. The van der Waals surface area contributed by atoms with Gasteiger partial charge in [-0.25, -0.2) is 0 Å². The monoisotopic (exact) mass is 413 g/mol. The number of nitrogens with one attached hydrogen (secondary N) is 1. The second-order valence-corrected chi connectivity index (χ2v) is 9.05. The minimum Gasteiger partial charge on any atom is -0.360 e. The maximum atomic E-state index is 11.5. The van der Waals surface area contributed by atoms with Crippen molar-refractivity contribution in [3.63, 3.8) is 0 Å². The van der Waals surface area contributed by atoms with Crippen molar-refractivity contribution in [1.82, 2.24) is 9.13 Å². The number of aromatic nitrogens is 2. The zero-order valence-electron chi connectivity index (χ0n) is 17.9. The van der Waals surface area contributed by atoms with Crippen LogP contribution in [-0.2, 0) is 6.67 Å². The molecule has 0 amide bonds. The van der Waals surface area contributed by atoms with Crippen LogP contribution in [0, 0.1) is 18.6 Å². The van der Waals surface area contributed by atoms with Crippen LogP contribution in [0.2, 0.25) is 0 Å². The van der Waals surface area contributed by atoms with Gasteiger partial charge in [0.15, 0.2) is 17.2 Å². The maximum absolute atomic E-state index is 11.5. The van der Waals surface area contributed by atoms with E-state index in [1.165, 1.54) is 42.8 Å². The van der Waals surface area contributed by atoms with Crippen molar-refractivity contribution >= 4 is 23.7 Å². The second-order valence-electron chi connectivity index (χ2n) is 8.69. The van der Waals surface area contributed by atoms with Crippen molar-refractivity contribution in [3.05, 3.63) is 46.0 Å². The molecule has 5 nitrogen and oxygen atoms in total. The van der Waals surface area contributed by atoms with Crippen LogP contribution < -0.4 is 9.80 Å². The molecule has 1 aromatic heterocycles. The van der Waals surface area contributed by atoms with Crippen LogP contribution in [0.15, 0.2) is 24.3 Å². The average molecular weight is 414 g/mol. The van der Waals surface area contributed by atoms with E-state index in [0.29, 0.717) is 6.04 Å². The van der Waals surface area contributed by atoms with Gasteiger partial charge in [0.05, 0.1) is 26.2 Å². The highest BCUT2D eigenvalue weighted by Crippen LogP contribution is 2.32. The van der Waals surface area contributed by atoms with Crippen molar-refractivity contribution in [2.75, 3.05) is 31.1 Å². The van der Waals surface area contributed by atoms with Gasteiger partial charge in [0.2, 0.25) is 0 Å². The van der Waals surface area contributed by atoms with Crippen molar-refractivity contribution < 1.29 is 9.69 Å². The van der Waals surface area contributed by atoms with Crippen LogP contribution in [0.3, 0.4) is 0 Å². The van der Waals surface area contributed by atoms with E-state index in [9.17, 15) is 4.79 Å². The Morgan fingerprint density at radius 1 is 1.07 bits per heavy atom. The lowest BCUT2D eigenvalue weighted by molar-refractivity contribution is -0.923. The molecule has 1 aliphatic heterocycles. The Hall–Kier alpha value is -1.92. The van der Waals surface area contributed by atoms with Crippen LogP contribution in [0.5, 0.6) is 0 Å². The van der Waals surface area contributed by atoms with Crippen LogP contribution >= 0.6 is 12.2 Å². The van der Waals surface area contributed by atoms with Gasteiger partial charge < -0.3 is 14.4 Å². The highest BCUT2D eigenvalue weighted by Gasteiger charge is 2.25. The van der Waals surface area contributed by atoms with Gasteiger partial charge in [-0.2, -0.15) is 0 Å². The van der Waals surface area contributed by atoms with E-state index in [0.717, 1.165) is 43.2 Å². The highest BCUT2D eigenvalue weighted by molar-refractivity contribution is 7.71. The first-order valence-electron chi connectivity index (χ1n) is 10.9. The summed E-state index contributed by atoms with van der Waals surface area (Å²) in [7, 11) is 0. The third-order valence-corrected chi connectivity index (χ3v) is 7.32. The van der Waals surface area contributed by atoms with Crippen LogP contribution in [0.25, 0.3) is 0 Å². The summed E-state index contributed by atoms with van der Waals surface area (Å²) in [5, 5.41) is 0. The number of hydrogen-bond acceptors (Lipinski definition) is 3. The zero-order chi connectivity index (χ0) is 20.5. The lowest BCUT2D eigenvalue weighted by Crippen LogP contribution is -3.14. The zero-order valence-corrected chi connectivity index (χ0v) is 18.7. The molecule has 2 fully saturated rings. The Bertz CT molecular complexity index is 929. The first-order chi connectivity index (χ1) is 14.0. The molecule has 4 rings (SSSR count). The fourth-order valence-electron chi connectivity index (χ4n) is 4.94. The molecule has 0 bridgehead atoms. The molecular formula is C23H33N4OS+. The summed E-state index contributed by atoms with van der Waals surface area (Å²) in [6.07, 6.45) is 5.20. The maximum Gasteiger partial charge on any atom is 0.184 e. The first kappa shape index (κ1) is 20.4. The van der Waals surface area contributed by atoms with E-state index in [1.54, 1.807) is 11.8 Å². The van der Waals surface area contributed by atoms with E-state index in [-0.39, 0.29) is 5.78 Å². The van der Waals surface area contributed by atoms with Crippen molar-refractivity contribution in [1.29, 1.82) is 0 Å². The molecule has 0 atom stereocenters. The lowest BCUT2D eigenvalue weighted by Gasteiger charge is -2.34. The molecule has 0 unspecified atom stereocenters. The molecule has 1 aromatic carbocycles. The van der Waals surface area contributed by atoms with Gasteiger partial charge in [0.25, 0.3) is 0 Å². The standard InChI is InChI=1S/C23H32N4OS/c1-17-18(2)27(22-6-4-5-7-22)23(29)26(17)16-24-12-14-25(15-13-24)21-10-8-20(9-11-21)19(3)28/h8-11,22H,4-7,12-16H2,1-3H3/p+1. The van der Waals surface area contributed by atoms with Gasteiger partial charge in [-0.15, -0.1) is 0 Å². The fourth-order valence-corrected chi connectivity index (χ4v) is 5.42. The fraction of sp³-hybridized carbons (Fsp3) is 0.565. The third-order valence-electron chi connectivity index (χ3n) is 6.91. The average Bonchev–Trinajstić information content (AvgIpc) is 3.32. The predicted octanol–water partition coefficient (Wildman–Crippen LogP) is 3.32. The number of benzene rings is 1. The topological polar surface area (TPSA) is 34.6 Å². The number of imidazole rings is 1. The van der Waals surface area contributed by atoms with Crippen molar-refractivity contribution in [2.45, 2.75) is 59.2 Å². The Morgan fingerprint density at radius 2 is 1.69 bits per heavy atom. The number of anilines is 1. The van der Waals surface area contributed by atoms with Crippen LogP contribution in [0.4, 0.5) is 5.69 Å². The van der Waals surface area contributed by atoms with E-state index < -0.39 is 0 Å². The van der Waals surface area contributed by atoms with E-state index in [4.69, 9.17) is 12.2 Å². The van der Waals surface area contributed by atoms with Crippen molar-refractivity contribution in [3.8, 4) is 0 Å². The van der Waals surface area contributed by atoms with E-state index in [1.807, 2.05) is 12.1 Å². The summed E-state index contributed by atoms with van der Waals surface area (Å²) in [4.78, 5) is 15.5. The summed E-state index contributed by atoms with van der Waals surface area (Å²) in [5.41, 5.74) is 4.68. The third kappa shape index (κ3) is 4.05. The number of hydrogen-bond donors (Lipinski definition) is 1. The normalized spacial score (nSPS) is 18.5. The number of nitrogens with zero attached hydrogens (tertiary/aromatic N) is 3. The molecule has 2 aromatic rings. The van der Waals surface area contributed by atoms with E-state index in [2.05, 4.69) is 40.0 Å². The van der Waals surface area contributed by atoms with Gasteiger partial charge in [-0.3, -0.25) is 9.36 Å². The summed E-state index contributed by atoms with van der Waals surface area (Å²) in [6, 6.07) is 8.63. The molecule has 1 N–H and O–H groups in total. The van der Waals surface area contributed by atoms with Gasteiger partial charge in [-0.1, -0.05) is 12.8 Å². The number of carbonyl (C=O) groups excluding carboxylic acids is 1. The molecule has 156 valence electrons. The van der Waals surface area contributed by atoms with Crippen LogP contribution in [-0.4, -0.2) is 41.1 Å². The molecular weight excluding hydrogens is 380 g/mol. The van der Waals surface area contributed by atoms with Crippen LogP contribution in [0.1, 0.15) is 60.4 Å². The van der Waals surface area contributed by atoms with Gasteiger partial charge in [-0.05, 0) is 70.1 Å². The highest BCUT2D eigenvalue weighted by atomic mass is 32.1. The quantitative estimate of drug-likeness (QED) is 0.603. The first-order valence-corrected chi connectivity index (χ1v) is 11.3. The Morgan fingerprint density at radius 3 is 2.28 bits per heavy atom. The molecule has 0 spiro atoms. The molecule has 2 aliphatic rings. The number of piperazine rings is 1. The largest absolute Gasteiger partial charge is 0.360 e. The summed E-state index contributed by atoms with van der Waals surface area (Å²) >= 11 is 5.91. The number of Topliss-reactive ketones (excluding diaryl/α,β-unsaturated/α-hetero) is 1. The van der Waals surface area contributed by atoms with Crippen molar-refractivity contribution in [2.24, 2.45) is 0 Å². The predicted molar refractivity (Wildman–Crippen MR) is 120 cm³/mol.